The van der Waals surface area contributed by atoms with Gasteiger partial charge in [0.1, 0.15) is 5.82 Å². The van der Waals surface area contributed by atoms with E-state index in [1.165, 1.54) is 0 Å². The summed E-state index contributed by atoms with van der Waals surface area (Å²) in [5.74, 6) is 1.02. The van der Waals surface area contributed by atoms with E-state index in [4.69, 9.17) is 4.42 Å². The number of anilines is 1. The molecule has 2 atom stereocenters. The zero-order valence-corrected chi connectivity index (χ0v) is 18.2. The van der Waals surface area contributed by atoms with Crippen LogP contribution in [0, 0.1) is 19.8 Å². The van der Waals surface area contributed by atoms with Gasteiger partial charge in [-0.05, 0) is 32.1 Å². The molecule has 2 aromatic heterocycles. The molecule has 0 bridgehead atoms. The van der Waals surface area contributed by atoms with Crippen molar-refractivity contribution >= 4 is 11.7 Å². The van der Waals surface area contributed by atoms with Crippen molar-refractivity contribution in [3.8, 4) is 0 Å². The van der Waals surface area contributed by atoms with Crippen molar-refractivity contribution in [1.29, 1.82) is 0 Å². The molecule has 7 nitrogen and oxygen atoms in total. The molecule has 1 amide bonds. The van der Waals surface area contributed by atoms with Gasteiger partial charge in [0.25, 0.3) is 5.91 Å². The Bertz CT molecular complexity index is 957. The van der Waals surface area contributed by atoms with Crippen molar-refractivity contribution in [1.82, 2.24) is 19.7 Å². The number of fused-ring (bicyclic) bond motifs is 1. The number of aromatic nitrogens is 3. The summed E-state index contributed by atoms with van der Waals surface area (Å²) in [6.07, 6.45) is -3.11. The van der Waals surface area contributed by atoms with Gasteiger partial charge in [0.05, 0.1) is 11.4 Å². The van der Waals surface area contributed by atoms with Gasteiger partial charge >= 0.3 is 6.18 Å². The summed E-state index contributed by atoms with van der Waals surface area (Å²) < 4.78 is 47.6. The number of amides is 1. The minimum absolute atomic E-state index is 0.00731. The standard InChI is InChI=1S/C21H28F3N5O2/c1-11(2)15-9-17(21(22,23)24)29-18(26-15)10-16(27-29)14-5-7-28(8-6-14)20(30)19-12(3)25-13(4)31-19/h10-11,14-15,17,26H,5-9H2,1-4H3/t15-,17+/m0/s1. The van der Waals surface area contributed by atoms with Crippen molar-refractivity contribution in [3.63, 3.8) is 0 Å². The lowest BCUT2D eigenvalue weighted by atomic mass is 9.93. The summed E-state index contributed by atoms with van der Waals surface area (Å²) >= 11 is 0. The Labute approximate surface area is 179 Å². The van der Waals surface area contributed by atoms with Crippen molar-refractivity contribution < 1.29 is 22.4 Å². The molecule has 1 fully saturated rings. The molecular formula is C21H28F3N5O2. The summed E-state index contributed by atoms with van der Waals surface area (Å²) in [6.45, 7) is 8.26. The third-order valence-electron chi connectivity index (χ3n) is 6.34. The number of rotatable bonds is 3. The minimum Gasteiger partial charge on any atom is -0.436 e. The highest BCUT2D eigenvalue weighted by Crippen LogP contribution is 2.42. The number of hydrogen-bond acceptors (Lipinski definition) is 5. The number of aryl methyl sites for hydroxylation is 2. The monoisotopic (exact) mass is 439 g/mol. The van der Waals surface area contributed by atoms with Crippen molar-refractivity contribution in [2.75, 3.05) is 18.4 Å². The van der Waals surface area contributed by atoms with Gasteiger partial charge in [0, 0.05) is 38.0 Å². The maximum Gasteiger partial charge on any atom is 0.410 e. The number of carbonyl (C=O) groups is 1. The van der Waals surface area contributed by atoms with Crippen molar-refractivity contribution in [3.05, 3.63) is 29.1 Å². The number of oxazole rings is 1. The molecule has 1 N–H and O–H groups in total. The molecular weight excluding hydrogens is 411 g/mol. The number of halogens is 3. The fraction of sp³-hybridized carbons (Fsp3) is 0.667. The zero-order chi connectivity index (χ0) is 22.5. The van der Waals surface area contributed by atoms with Crippen LogP contribution in [0.2, 0.25) is 0 Å². The quantitative estimate of drug-likeness (QED) is 0.765. The predicted octanol–water partition coefficient (Wildman–Crippen LogP) is 4.45. The highest BCUT2D eigenvalue weighted by atomic mass is 19.4. The van der Waals surface area contributed by atoms with E-state index < -0.39 is 12.2 Å². The Balaban J connectivity index is 1.49. The molecule has 0 aromatic carbocycles. The summed E-state index contributed by atoms with van der Waals surface area (Å²) in [4.78, 5) is 18.6. The molecule has 10 heteroatoms. The summed E-state index contributed by atoms with van der Waals surface area (Å²) in [7, 11) is 0. The first-order valence-electron chi connectivity index (χ1n) is 10.7. The molecule has 4 rings (SSSR count). The number of nitrogens with zero attached hydrogens (tertiary/aromatic N) is 4. The minimum atomic E-state index is -4.35. The molecule has 31 heavy (non-hydrogen) atoms. The largest absolute Gasteiger partial charge is 0.436 e. The fourth-order valence-electron chi connectivity index (χ4n) is 4.51. The van der Waals surface area contributed by atoms with E-state index in [9.17, 15) is 18.0 Å². The van der Waals surface area contributed by atoms with E-state index in [1.54, 1.807) is 24.8 Å². The van der Waals surface area contributed by atoms with Gasteiger partial charge in [-0.25, -0.2) is 9.67 Å². The highest BCUT2D eigenvalue weighted by molar-refractivity contribution is 5.92. The third-order valence-corrected chi connectivity index (χ3v) is 6.34. The second kappa shape index (κ2) is 7.87. The van der Waals surface area contributed by atoms with E-state index in [2.05, 4.69) is 15.4 Å². The van der Waals surface area contributed by atoms with Crippen molar-refractivity contribution in [2.45, 2.75) is 71.1 Å². The second-order valence-corrected chi connectivity index (χ2v) is 8.90. The van der Waals surface area contributed by atoms with E-state index in [0.717, 1.165) is 4.68 Å². The summed E-state index contributed by atoms with van der Waals surface area (Å²) in [5.41, 5.74) is 1.22. The molecule has 0 aliphatic carbocycles. The number of piperidine rings is 1. The van der Waals surface area contributed by atoms with Crippen LogP contribution in [-0.2, 0) is 0 Å². The maximum atomic E-state index is 13.7. The molecule has 2 aliphatic rings. The first-order chi connectivity index (χ1) is 14.5. The first kappa shape index (κ1) is 21.7. The lowest BCUT2D eigenvalue weighted by molar-refractivity contribution is -0.174. The summed E-state index contributed by atoms with van der Waals surface area (Å²) in [6, 6.07) is -0.125. The number of carbonyl (C=O) groups excluding carboxylic acids is 1. The van der Waals surface area contributed by atoms with Gasteiger partial charge in [-0.3, -0.25) is 4.79 Å². The van der Waals surface area contributed by atoms with Crippen LogP contribution in [0.25, 0.3) is 0 Å². The zero-order valence-electron chi connectivity index (χ0n) is 18.2. The Kier molecular flexibility index (Phi) is 5.51. The first-order valence-corrected chi connectivity index (χ1v) is 10.7. The van der Waals surface area contributed by atoms with Gasteiger partial charge in [0.15, 0.2) is 11.9 Å². The molecule has 0 radical (unpaired) electrons. The van der Waals surface area contributed by atoms with Crippen LogP contribution in [0.15, 0.2) is 10.5 Å². The number of likely N-dealkylation sites (tertiary alicyclic amines) is 1. The van der Waals surface area contributed by atoms with Crippen LogP contribution in [0.1, 0.15) is 72.9 Å². The number of nitrogens with one attached hydrogen (secondary N) is 1. The fourth-order valence-corrected chi connectivity index (χ4v) is 4.51. The molecule has 1 saturated heterocycles. The average molecular weight is 439 g/mol. The van der Waals surface area contributed by atoms with Crippen LogP contribution in [0.4, 0.5) is 19.0 Å². The van der Waals surface area contributed by atoms with Crippen LogP contribution in [-0.4, -0.2) is 50.9 Å². The van der Waals surface area contributed by atoms with Crippen LogP contribution >= 0.6 is 0 Å². The molecule has 0 unspecified atom stereocenters. The molecule has 0 spiro atoms. The SMILES string of the molecule is Cc1nc(C)c(C(=O)N2CCC(c3cc4n(n3)[C@@H](C(F)(F)F)C[C@@H](C(C)C)N4)CC2)o1. The van der Waals surface area contributed by atoms with Crippen LogP contribution < -0.4 is 5.32 Å². The molecule has 170 valence electrons. The van der Waals surface area contributed by atoms with E-state index >= 15 is 0 Å². The van der Waals surface area contributed by atoms with Gasteiger partial charge < -0.3 is 14.6 Å². The molecule has 4 heterocycles. The van der Waals surface area contributed by atoms with Gasteiger partial charge in [-0.15, -0.1) is 0 Å². The van der Waals surface area contributed by atoms with E-state index in [1.807, 2.05) is 13.8 Å². The lowest BCUT2D eigenvalue weighted by Gasteiger charge is -2.35. The Morgan fingerprint density at radius 2 is 1.94 bits per heavy atom. The second-order valence-electron chi connectivity index (χ2n) is 8.90. The maximum absolute atomic E-state index is 13.7. The number of hydrogen-bond donors (Lipinski definition) is 1. The third kappa shape index (κ3) is 4.16. The molecule has 2 aromatic rings. The van der Waals surface area contributed by atoms with Gasteiger partial charge in [-0.1, -0.05) is 13.8 Å². The smallest absolute Gasteiger partial charge is 0.410 e. The summed E-state index contributed by atoms with van der Waals surface area (Å²) in [5, 5.41) is 7.60. The Morgan fingerprint density at radius 1 is 1.26 bits per heavy atom. The lowest BCUT2D eigenvalue weighted by Crippen LogP contribution is -2.41. The van der Waals surface area contributed by atoms with E-state index in [-0.39, 0.29) is 36.0 Å². The van der Waals surface area contributed by atoms with Crippen LogP contribution in [0.5, 0.6) is 0 Å². The average Bonchev–Trinajstić information content (AvgIpc) is 3.28. The predicted molar refractivity (Wildman–Crippen MR) is 108 cm³/mol. The van der Waals surface area contributed by atoms with Crippen LogP contribution in [0.3, 0.4) is 0 Å². The number of alkyl halides is 3. The highest BCUT2D eigenvalue weighted by Gasteiger charge is 2.47. The van der Waals surface area contributed by atoms with Crippen molar-refractivity contribution in [2.24, 2.45) is 5.92 Å². The van der Waals surface area contributed by atoms with Gasteiger partial charge in [0.2, 0.25) is 5.76 Å². The molecule has 2 aliphatic heterocycles. The normalized spacial score (nSPS) is 22.5. The topological polar surface area (TPSA) is 76.2 Å². The Hall–Kier alpha value is -2.52. The molecule has 0 saturated carbocycles. The van der Waals surface area contributed by atoms with E-state index in [0.29, 0.717) is 49.0 Å². The Morgan fingerprint density at radius 3 is 2.48 bits per heavy atom. The van der Waals surface area contributed by atoms with Gasteiger partial charge in [-0.2, -0.15) is 18.3 Å².